The van der Waals surface area contributed by atoms with E-state index < -0.39 is 0 Å². The molecule has 4 heteroatoms. The number of imidazole rings is 1. The molecule has 3 heterocycles. The molecular formula is C14H18BrN3. The Morgan fingerprint density at radius 3 is 3.06 bits per heavy atom. The minimum Gasteiger partial charge on any atom is -0.303 e. The fraction of sp³-hybridized carbons (Fsp3) is 0.500. The quantitative estimate of drug-likeness (QED) is 0.849. The topological polar surface area (TPSA) is 20.5 Å². The maximum Gasteiger partial charge on any atom is 0.132 e. The van der Waals surface area contributed by atoms with E-state index in [1.54, 1.807) is 0 Å². The summed E-state index contributed by atoms with van der Waals surface area (Å²) < 4.78 is 3.21. The number of pyridine rings is 1. The van der Waals surface area contributed by atoms with E-state index in [2.05, 4.69) is 57.4 Å². The molecular weight excluding hydrogens is 290 g/mol. The second kappa shape index (κ2) is 4.67. The van der Waals surface area contributed by atoms with Crippen molar-refractivity contribution in [3.05, 3.63) is 34.3 Å². The van der Waals surface area contributed by atoms with Crippen molar-refractivity contribution in [2.45, 2.75) is 26.2 Å². The van der Waals surface area contributed by atoms with Crippen LogP contribution in [0.4, 0.5) is 0 Å². The van der Waals surface area contributed by atoms with Crippen molar-refractivity contribution in [1.29, 1.82) is 0 Å². The molecule has 1 fully saturated rings. The van der Waals surface area contributed by atoms with Gasteiger partial charge < -0.3 is 9.30 Å². The monoisotopic (exact) mass is 307 g/mol. The van der Waals surface area contributed by atoms with E-state index >= 15 is 0 Å². The van der Waals surface area contributed by atoms with Gasteiger partial charge in [0, 0.05) is 18.7 Å². The summed E-state index contributed by atoms with van der Waals surface area (Å²) in [5.74, 6) is 1.76. The summed E-state index contributed by atoms with van der Waals surface area (Å²) in [6.07, 6.45) is 3.36. The first kappa shape index (κ1) is 12.2. The van der Waals surface area contributed by atoms with Crippen LogP contribution in [0.2, 0.25) is 0 Å². The van der Waals surface area contributed by atoms with Crippen LogP contribution in [0.1, 0.15) is 30.7 Å². The number of rotatable bonds is 2. The lowest BCUT2D eigenvalue weighted by Crippen LogP contribution is -2.19. The number of nitrogens with zero attached hydrogens (tertiary/aromatic N) is 3. The third-order valence-electron chi connectivity index (χ3n) is 3.87. The molecule has 96 valence electrons. The van der Waals surface area contributed by atoms with E-state index in [1.807, 2.05) is 0 Å². The molecule has 3 rings (SSSR count). The number of likely N-dealkylation sites (tertiary alicyclic amines) is 1. The zero-order valence-electron chi connectivity index (χ0n) is 10.9. The maximum atomic E-state index is 4.73. The van der Waals surface area contributed by atoms with Crippen LogP contribution in [0.3, 0.4) is 0 Å². The Labute approximate surface area is 116 Å². The summed E-state index contributed by atoms with van der Waals surface area (Å²) in [7, 11) is 0. The molecule has 0 aromatic carbocycles. The average Bonchev–Trinajstić information content (AvgIpc) is 2.95. The van der Waals surface area contributed by atoms with Crippen LogP contribution in [-0.4, -0.2) is 33.9 Å². The second-order valence-electron chi connectivity index (χ2n) is 5.10. The first-order valence-electron chi connectivity index (χ1n) is 6.55. The van der Waals surface area contributed by atoms with Crippen LogP contribution in [-0.2, 0) is 0 Å². The second-order valence-corrected chi connectivity index (χ2v) is 5.85. The number of fused-ring (bicyclic) bond motifs is 1. The Hall–Kier alpha value is -0.870. The van der Waals surface area contributed by atoms with Gasteiger partial charge in [-0.3, -0.25) is 0 Å². The SMILES string of the molecule is CCN1CCC(c2nc(Br)c3cc(C)ccn23)C1. The summed E-state index contributed by atoms with van der Waals surface area (Å²) in [5, 5.41) is 0. The lowest BCUT2D eigenvalue weighted by molar-refractivity contribution is 0.352. The molecule has 0 bridgehead atoms. The van der Waals surface area contributed by atoms with Crippen molar-refractivity contribution >= 4 is 21.4 Å². The molecule has 0 radical (unpaired) electrons. The molecule has 1 aliphatic heterocycles. The number of halogens is 1. The minimum absolute atomic E-state index is 0.562. The van der Waals surface area contributed by atoms with Gasteiger partial charge in [-0.2, -0.15) is 0 Å². The van der Waals surface area contributed by atoms with Crippen LogP contribution in [0.5, 0.6) is 0 Å². The van der Waals surface area contributed by atoms with E-state index in [9.17, 15) is 0 Å². The van der Waals surface area contributed by atoms with Crippen LogP contribution < -0.4 is 0 Å². The molecule has 18 heavy (non-hydrogen) atoms. The van der Waals surface area contributed by atoms with E-state index in [1.165, 1.54) is 29.9 Å². The van der Waals surface area contributed by atoms with Crippen molar-refractivity contribution in [3.8, 4) is 0 Å². The lowest BCUT2D eigenvalue weighted by Gasteiger charge is -2.12. The van der Waals surface area contributed by atoms with Gasteiger partial charge in [-0.1, -0.05) is 6.92 Å². The normalized spacial score (nSPS) is 20.9. The van der Waals surface area contributed by atoms with Crippen molar-refractivity contribution in [1.82, 2.24) is 14.3 Å². The Kier molecular flexibility index (Phi) is 3.16. The summed E-state index contributed by atoms with van der Waals surface area (Å²) in [6.45, 7) is 7.81. The fourth-order valence-corrected chi connectivity index (χ4v) is 3.28. The zero-order chi connectivity index (χ0) is 12.7. The highest BCUT2D eigenvalue weighted by Gasteiger charge is 2.26. The molecule has 0 saturated carbocycles. The molecule has 0 amide bonds. The zero-order valence-corrected chi connectivity index (χ0v) is 12.4. The molecule has 1 unspecified atom stereocenters. The van der Waals surface area contributed by atoms with Gasteiger partial charge in [0.25, 0.3) is 0 Å². The largest absolute Gasteiger partial charge is 0.303 e. The first-order valence-corrected chi connectivity index (χ1v) is 7.34. The Morgan fingerprint density at radius 1 is 1.50 bits per heavy atom. The molecule has 0 aliphatic carbocycles. The molecule has 0 N–H and O–H groups in total. The molecule has 1 atom stereocenters. The third-order valence-corrected chi connectivity index (χ3v) is 4.45. The standard InChI is InChI=1S/C14H18BrN3/c1-3-17-6-5-11(9-17)14-16-13(15)12-8-10(2)4-7-18(12)14/h4,7-8,11H,3,5-6,9H2,1-2H3. The van der Waals surface area contributed by atoms with Crippen molar-refractivity contribution in [2.24, 2.45) is 0 Å². The van der Waals surface area contributed by atoms with Crippen molar-refractivity contribution < 1.29 is 0 Å². The van der Waals surface area contributed by atoms with Crippen LogP contribution in [0.15, 0.2) is 22.9 Å². The summed E-state index contributed by atoms with van der Waals surface area (Å²) in [6, 6.07) is 4.34. The van der Waals surface area contributed by atoms with Gasteiger partial charge in [0.1, 0.15) is 10.4 Å². The molecule has 2 aromatic rings. The highest BCUT2D eigenvalue weighted by molar-refractivity contribution is 9.10. The third kappa shape index (κ3) is 1.97. The molecule has 1 saturated heterocycles. The van der Waals surface area contributed by atoms with Crippen LogP contribution in [0, 0.1) is 6.92 Å². The number of aromatic nitrogens is 2. The van der Waals surface area contributed by atoms with Gasteiger partial charge in [-0.05, 0) is 60.1 Å². The molecule has 3 nitrogen and oxygen atoms in total. The van der Waals surface area contributed by atoms with Gasteiger partial charge in [-0.15, -0.1) is 0 Å². The van der Waals surface area contributed by atoms with E-state index in [0.29, 0.717) is 5.92 Å². The maximum absolute atomic E-state index is 4.73. The van der Waals surface area contributed by atoms with Crippen molar-refractivity contribution in [3.63, 3.8) is 0 Å². The number of hydrogen-bond acceptors (Lipinski definition) is 2. The van der Waals surface area contributed by atoms with E-state index in [-0.39, 0.29) is 0 Å². The number of aryl methyl sites for hydroxylation is 1. The van der Waals surface area contributed by atoms with Gasteiger partial charge in [0.05, 0.1) is 5.52 Å². The number of likely N-dealkylation sites (N-methyl/N-ethyl adjacent to an activating group) is 1. The Bertz CT molecular complexity index is 576. The molecule has 0 spiro atoms. The van der Waals surface area contributed by atoms with E-state index in [0.717, 1.165) is 17.7 Å². The smallest absolute Gasteiger partial charge is 0.132 e. The average molecular weight is 308 g/mol. The van der Waals surface area contributed by atoms with Crippen LogP contribution in [0.25, 0.3) is 5.52 Å². The van der Waals surface area contributed by atoms with Gasteiger partial charge >= 0.3 is 0 Å². The first-order chi connectivity index (χ1) is 8.69. The van der Waals surface area contributed by atoms with E-state index in [4.69, 9.17) is 4.98 Å². The Morgan fingerprint density at radius 2 is 2.33 bits per heavy atom. The highest BCUT2D eigenvalue weighted by atomic mass is 79.9. The summed E-state index contributed by atoms with van der Waals surface area (Å²) in [5.41, 5.74) is 2.45. The molecule has 1 aliphatic rings. The van der Waals surface area contributed by atoms with Gasteiger partial charge in [0.15, 0.2) is 0 Å². The predicted molar refractivity (Wildman–Crippen MR) is 77.1 cm³/mol. The lowest BCUT2D eigenvalue weighted by atomic mass is 10.1. The van der Waals surface area contributed by atoms with Gasteiger partial charge in [0.2, 0.25) is 0 Å². The number of hydrogen-bond donors (Lipinski definition) is 0. The summed E-state index contributed by atoms with van der Waals surface area (Å²) in [4.78, 5) is 7.23. The highest BCUT2D eigenvalue weighted by Crippen LogP contribution is 2.30. The fourth-order valence-electron chi connectivity index (χ4n) is 2.79. The summed E-state index contributed by atoms with van der Waals surface area (Å²) >= 11 is 3.59. The molecule has 2 aromatic heterocycles. The van der Waals surface area contributed by atoms with Crippen molar-refractivity contribution in [2.75, 3.05) is 19.6 Å². The Balaban J connectivity index is 2.03. The van der Waals surface area contributed by atoms with Gasteiger partial charge in [-0.25, -0.2) is 4.98 Å². The predicted octanol–water partition coefficient (Wildman–Crippen LogP) is 3.21. The van der Waals surface area contributed by atoms with Crippen LogP contribution >= 0.6 is 15.9 Å². The minimum atomic E-state index is 0.562.